The van der Waals surface area contributed by atoms with Crippen molar-refractivity contribution in [2.45, 2.75) is 144 Å². The van der Waals surface area contributed by atoms with E-state index in [1.807, 2.05) is 16.4 Å². The predicted octanol–water partition coefficient (Wildman–Crippen LogP) is -3.24. The van der Waals surface area contributed by atoms with Crippen molar-refractivity contribution >= 4 is 22.6 Å². The molecule has 348 valence electrons. The first-order valence-electron chi connectivity index (χ1n) is 21.2. The minimum absolute atomic E-state index is 0.00149. The van der Waals surface area contributed by atoms with Gasteiger partial charge in [0.15, 0.2) is 30.9 Å². The van der Waals surface area contributed by atoms with Crippen LogP contribution in [-0.4, -0.2) is 169 Å². The average Bonchev–Trinajstić information content (AvgIpc) is 4.07. The van der Waals surface area contributed by atoms with Crippen LogP contribution in [0.15, 0.2) is 4.79 Å². The molecule has 5 fully saturated rings. The quantitative estimate of drug-likeness (QED) is 0.0537. The van der Waals surface area contributed by atoms with Crippen molar-refractivity contribution in [3.05, 3.63) is 32.9 Å². The Morgan fingerprint density at radius 3 is 2.23 bits per heavy atom. The molecular weight excluding hydrogens is 819 g/mol. The van der Waals surface area contributed by atoms with Crippen molar-refractivity contribution in [3.8, 4) is 5.75 Å². The molecule has 2 aliphatic carbocycles. The molecule has 2 saturated carbocycles. The van der Waals surface area contributed by atoms with Gasteiger partial charge in [-0.15, -0.1) is 0 Å². The van der Waals surface area contributed by atoms with Gasteiger partial charge in [0, 0.05) is 61.6 Å². The van der Waals surface area contributed by atoms with E-state index in [1.165, 1.54) is 14.0 Å². The molecule has 3 aliphatic heterocycles. The Morgan fingerprint density at radius 2 is 1.60 bits per heavy atom. The molecule has 3 saturated heterocycles. The van der Waals surface area contributed by atoms with Gasteiger partial charge in [-0.1, -0.05) is 0 Å². The number of carbonyl (C=O) groups excluding carboxylic acids is 1. The van der Waals surface area contributed by atoms with Crippen LogP contribution in [0.1, 0.15) is 60.3 Å². The highest BCUT2D eigenvalue weighted by Crippen LogP contribution is 2.46. The summed E-state index contributed by atoms with van der Waals surface area (Å²) in [6.45, 7) is 5.74. The molecule has 2 unspecified atom stereocenters. The van der Waals surface area contributed by atoms with Gasteiger partial charge in [-0.3, -0.25) is 4.79 Å². The summed E-state index contributed by atoms with van der Waals surface area (Å²) in [6.07, 6.45) is -10.6. The summed E-state index contributed by atoms with van der Waals surface area (Å²) >= 11 is 0. The zero-order valence-electron chi connectivity index (χ0n) is 35.4. The largest absolute Gasteiger partial charge is 0.492 e. The third-order valence-electron chi connectivity index (χ3n) is 12.8. The highest BCUT2D eigenvalue weighted by atomic mass is 19.1. The van der Waals surface area contributed by atoms with Gasteiger partial charge in [0.05, 0.1) is 48.9 Å². The number of methoxy groups -OCH3 is 1. The van der Waals surface area contributed by atoms with Gasteiger partial charge >= 0.3 is 5.97 Å². The Kier molecular flexibility index (Phi) is 14.4. The van der Waals surface area contributed by atoms with Crippen LogP contribution in [0, 0.1) is 19.7 Å². The summed E-state index contributed by atoms with van der Waals surface area (Å²) in [6, 6.07) is -3.70. The van der Waals surface area contributed by atoms with Crippen LogP contribution in [0.2, 0.25) is 0 Å². The second-order valence-corrected chi connectivity index (χ2v) is 17.3. The Balaban J connectivity index is 1.03. The number of esters is 1. The Bertz CT molecular complexity index is 2000. The molecule has 62 heavy (non-hydrogen) atoms. The highest BCUT2D eigenvalue weighted by molar-refractivity contribution is 6.00. The van der Waals surface area contributed by atoms with Crippen molar-refractivity contribution in [2.24, 2.45) is 28.7 Å². The number of piperazine rings is 1. The molecule has 0 radical (unpaired) electrons. The second kappa shape index (κ2) is 19.1. The summed E-state index contributed by atoms with van der Waals surface area (Å²) < 4.78 is 58.8. The molecule has 5 aliphatic rings. The number of fused-ring (bicyclic) bond motifs is 1. The number of nitrogens with zero attached hydrogens (tertiary/aromatic N) is 2. The minimum atomic E-state index is -1.59. The minimum Gasteiger partial charge on any atom is -0.492 e. The summed E-state index contributed by atoms with van der Waals surface area (Å²) in [7, 11) is 1.44. The molecule has 15 N–H and O–H groups in total. The maximum atomic E-state index is 16.4. The Hall–Kier alpha value is -3.17. The van der Waals surface area contributed by atoms with Crippen molar-refractivity contribution in [2.75, 3.05) is 51.6 Å². The van der Waals surface area contributed by atoms with Crippen LogP contribution >= 0.6 is 0 Å². The lowest BCUT2D eigenvalue weighted by atomic mass is 9.84. The number of ether oxygens (including phenoxy) is 7. The number of rotatable bonds is 13. The number of aryl methyl sites for hydroxylation is 1. The molecule has 22 heteroatoms. The smallest absolute Gasteiger partial charge is 0.346 e. The number of hydrogen-bond donors (Lipinski definition) is 10. The molecule has 15 atom stereocenters. The number of anilines is 1. The fourth-order valence-corrected chi connectivity index (χ4v) is 9.26. The van der Waals surface area contributed by atoms with Crippen LogP contribution in [0.4, 0.5) is 10.1 Å². The summed E-state index contributed by atoms with van der Waals surface area (Å²) in [5.74, 6) is -1.39. The SMILES string of the molecule is COc1c(N2CCNC(C)C2)c(F)c(C)c2c(=O)c(C(=O)OCOC[C@H]3O[C@H](O[C@H]4[C@H](N)C[C@H](N)C(O[C@H]5O[C@H](CN)[C@@H](O)C[C@H]5N)[C@@H]4O)[C@H](O)[C@@H](N)[C@@H]3O)c(C)n(C3CC3)c12. The lowest BCUT2D eigenvalue weighted by Gasteiger charge is -2.48. The van der Waals surface area contributed by atoms with E-state index in [-0.39, 0.29) is 59.4 Å². The normalized spacial score (nSPS) is 36.8. The van der Waals surface area contributed by atoms with E-state index in [2.05, 4.69) is 5.32 Å². The fraction of sp³-hybridized carbons (Fsp3) is 0.750. The number of carbonyl (C=O) groups is 1. The second-order valence-electron chi connectivity index (χ2n) is 17.3. The van der Waals surface area contributed by atoms with Gasteiger partial charge in [-0.2, -0.15) is 0 Å². The molecule has 21 nitrogen and oxygen atoms in total. The molecule has 2 aromatic rings. The lowest BCUT2D eigenvalue weighted by molar-refractivity contribution is -0.316. The first-order chi connectivity index (χ1) is 29.5. The Labute approximate surface area is 357 Å². The molecule has 0 bridgehead atoms. The van der Waals surface area contributed by atoms with E-state index < -0.39 is 116 Å². The number of aliphatic hydroxyl groups excluding tert-OH is 4. The number of benzene rings is 1. The van der Waals surface area contributed by atoms with Crippen molar-refractivity contribution in [1.82, 2.24) is 9.88 Å². The molecule has 1 aromatic carbocycles. The zero-order chi connectivity index (χ0) is 44.9. The summed E-state index contributed by atoms with van der Waals surface area (Å²) in [5.41, 5.74) is 30.9. The van der Waals surface area contributed by atoms with E-state index in [4.69, 9.17) is 61.8 Å². The third-order valence-corrected chi connectivity index (χ3v) is 12.8. The van der Waals surface area contributed by atoms with E-state index >= 15 is 4.39 Å². The van der Waals surface area contributed by atoms with E-state index in [0.717, 1.165) is 12.8 Å². The number of aliphatic hydroxyl groups is 4. The summed E-state index contributed by atoms with van der Waals surface area (Å²) in [4.78, 5) is 29.9. The molecule has 0 spiro atoms. The van der Waals surface area contributed by atoms with E-state index in [9.17, 15) is 30.0 Å². The van der Waals surface area contributed by atoms with Crippen LogP contribution in [0.25, 0.3) is 10.9 Å². The molecule has 1 aromatic heterocycles. The van der Waals surface area contributed by atoms with Gasteiger partial charge in [0.1, 0.15) is 47.9 Å². The monoisotopic (exact) mass is 882 g/mol. The van der Waals surface area contributed by atoms with Crippen molar-refractivity contribution < 1.29 is 62.8 Å². The van der Waals surface area contributed by atoms with E-state index in [1.54, 1.807) is 6.92 Å². The van der Waals surface area contributed by atoms with E-state index in [0.29, 0.717) is 30.8 Å². The number of pyridine rings is 1. The molecule has 4 heterocycles. The lowest BCUT2D eigenvalue weighted by Crippen LogP contribution is -2.68. The number of halogens is 1. The van der Waals surface area contributed by atoms with Gasteiger partial charge in [-0.05, 0) is 46.5 Å². The van der Waals surface area contributed by atoms with Gasteiger partial charge < -0.3 is 97.0 Å². The maximum absolute atomic E-state index is 16.4. The fourth-order valence-electron chi connectivity index (χ4n) is 9.26. The first kappa shape index (κ1) is 46.8. The Morgan fingerprint density at radius 1 is 0.935 bits per heavy atom. The van der Waals surface area contributed by atoms with Crippen LogP contribution in [0.3, 0.4) is 0 Å². The van der Waals surface area contributed by atoms with Crippen molar-refractivity contribution in [1.29, 1.82) is 0 Å². The molecule has 7 rings (SSSR count). The number of aromatic nitrogens is 1. The third kappa shape index (κ3) is 8.93. The van der Waals surface area contributed by atoms with Crippen LogP contribution < -0.4 is 49.1 Å². The zero-order valence-corrected chi connectivity index (χ0v) is 35.4. The number of nitrogens with one attached hydrogen (secondary N) is 1. The van der Waals surface area contributed by atoms with Gasteiger partial charge in [0.2, 0.25) is 5.43 Å². The van der Waals surface area contributed by atoms with Crippen LogP contribution in [-0.2, 0) is 28.4 Å². The first-order valence-corrected chi connectivity index (χ1v) is 21.2. The molecular formula is C40H63FN8O13. The predicted molar refractivity (Wildman–Crippen MR) is 220 cm³/mol. The average molecular weight is 883 g/mol. The van der Waals surface area contributed by atoms with Gasteiger partial charge in [0.25, 0.3) is 0 Å². The topological polar surface area (TPSA) is 330 Å². The number of hydrogen-bond acceptors (Lipinski definition) is 20. The van der Waals surface area contributed by atoms with Gasteiger partial charge in [-0.25, -0.2) is 9.18 Å². The molecule has 0 amide bonds. The number of nitrogens with two attached hydrogens (primary N) is 5. The standard InChI is InChI=1S/C40H63FN8O13/c1-15-12-48(8-7-47-15)30-27(41)16(2)25-29(37(30)56-4)49(18-5-6-18)17(3)26(32(25)52)38(55)58-14-57-13-24-31(51)28(46)33(53)40(60-24)62-36-20(44)9-19(43)35(34(36)54)61-39-21(45)10-22(50)23(11-42)59-39/h15,18-24,28,31,33-36,39-40,47,50-51,53-54H,5-14,42-46H2,1-4H3/t15?,19-,20+,21+,22-,23+,24+,28-,31+,33+,34-,35?,36-,39+,40+/m0/s1. The maximum Gasteiger partial charge on any atom is 0.346 e. The summed E-state index contributed by atoms with van der Waals surface area (Å²) in [5, 5.41) is 46.9. The van der Waals surface area contributed by atoms with Crippen LogP contribution in [0.5, 0.6) is 5.75 Å². The van der Waals surface area contributed by atoms with Crippen molar-refractivity contribution in [3.63, 3.8) is 0 Å². The highest BCUT2D eigenvalue weighted by Gasteiger charge is 2.50.